The molecular formula is C19H23FN10O8P2S2. The number of alkyl halides is 1. The summed E-state index contributed by atoms with van der Waals surface area (Å²) < 4.78 is 59.9. The number of hydrogen-bond acceptors (Lipinski definition) is 15. The fourth-order valence-electron chi connectivity index (χ4n) is 4.57. The minimum atomic E-state index is -4.34. The number of aromatic nitrogens is 8. The smallest absolute Gasteiger partial charge is 0.382 e. The molecule has 42 heavy (non-hydrogen) atoms. The molecule has 0 aliphatic carbocycles. The molecule has 23 heteroatoms. The topological polar surface area (TPSA) is 243 Å². The molecule has 2 aliphatic rings. The summed E-state index contributed by atoms with van der Waals surface area (Å²) in [5, 5.41) is 0. The Balaban J connectivity index is 1.38. The molecule has 2 bridgehead atoms. The molecule has 226 valence electrons. The molecule has 4 aromatic heterocycles. The lowest BCUT2D eigenvalue weighted by molar-refractivity contribution is -0.0451. The fraction of sp³-hybridized carbons (Fsp3) is 0.474. The minimum Gasteiger partial charge on any atom is -0.382 e. The number of hydrogen-bond donors (Lipinski definition) is 5. The first kappa shape index (κ1) is 29.5. The van der Waals surface area contributed by atoms with Crippen molar-refractivity contribution in [2.45, 2.75) is 44.2 Å². The molecule has 0 amide bonds. The number of aromatic amines is 1. The van der Waals surface area contributed by atoms with Crippen molar-refractivity contribution < 1.29 is 36.7 Å². The van der Waals surface area contributed by atoms with E-state index in [0.717, 1.165) is 6.33 Å². The van der Waals surface area contributed by atoms with Crippen LogP contribution in [0.1, 0.15) is 18.5 Å². The third-order valence-electron chi connectivity index (χ3n) is 6.42. The Morgan fingerprint density at radius 3 is 2.79 bits per heavy atom. The quantitative estimate of drug-likeness (QED) is 0.140. The van der Waals surface area contributed by atoms with Crippen molar-refractivity contribution in [3.63, 3.8) is 0 Å². The molecule has 6 rings (SSSR count). The van der Waals surface area contributed by atoms with Crippen LogP contribution in [0, 0.1) is 0 Å². The summed E-state index contributed by atoms with van der Waals surface area (Å²) >= 11 is 9.15. The Morgan fingerprint density at radius 1 is 1.17 bits per heavy atom. The van der Waals surface area contributed by atoms with E-state index >= 15 is 4.39 Å². The van der Waals surface area contributed by atoms with Gasteiger partial charge in [-0.15, -0.1) is 0 Å². The summed E-state index contributed by atoms with van der Waals surface area (Å²) in [6.07, 6.45) is -3.79. The van der Waals surface area contributed by atoms with Gasteiger partial charge in [-0.05, 0) is 18.2 Å². The Labute approximate surface area is 244 Å². The van der Waals surface area contributed by atoms with Crippen LogP contribution in [0.3, 0.4) is 0 Å². The van der Waals surface area contributed by atoms with Gasteiger partial charge < -0.3 is 34.7 Å². The Hall–Kier alpha value is -2.58. The van der Waals surface area contributed by atoms with E-state index in [-0.39, 0.29) is 47.4 Å². The number of nitrogens with two attached hydrogens (primary N) is 2. The average Bonchev–Trinajstić information content (AvgIpc) is 3.59. The molecule has 1 saturated heterocycles. The first-order valence-corrected chi connectivity index (χ1v) is 17.5. The van der Waals surface area contributed by atoms with Crippen LogP contribution in [0.4, 0.5) is 16.2 Å². The molecule has 4 aromatic rings. The number of anilines is 2. The van der Waals surface area contributed by atoms with Gasteiger partial charge in [-0.1, -0.05) is 12.2 Å². The van der Waals surface area contributed by atoms with Gasteiger partial charge in [0.15, 0.2) is 40.5 Å². The third kappa shape index (κ3) is 5.69. The average molecular weight is 665 g/mol. The maximum absolute atomic E-state index is 15.9. The summed E-state index contributed by atoms with van der Waals surface area (Å²) in [4.78, 5) is 45.8. The van der Waals surface area contributed by atoms with E-state index in [9.17, 15) is 14.3 Å². The molecule has 0 saturated carbocycles. The van der Waals surface area contributed by atoms with Gasteiger partial charge in [0.25, 0.3) is 5.56 Å². The highest BCUT2D eigenvalue weighted by atomic mass is 32.7. The number of imidazole rings is 2. The number of thiol groups is 1. The van der Waals surface area contributed by atoms with E-state index in [1.165, 1.54) is 10.9 Å². The van der Waals surface area contributed by atoms with Gasteiger partial charge in [-0.25, -0.2) is 28.9 Å². The minimum absolute atomic E-state index is 0.0407. The van der Waals surface area contributed by atoms with E-state index in [2.05, 4.69) is 42.2 Å². The Bertz CT molecular complexity index is 1820. The molecule has 6 heterocycles. The SMILES string of the molecule is Nc1nc2c(ncn2[C@@H]2O[C@@H]3COP(O)(=S)OCCCn4c(nc5c(N)ncnc54)COP(=O)(S)O[C@@H]2[C@@H]3F)c(=O)[nH]1. The molecule has 0 radical (unpaired) electrons. The number of H-pyrrole nitrogens is 1. The fourth-order valence-corrected chi connectivity index (χ4v) is 7.11. The number of nitrogens with one attached hydrogen (secondary N) is 1. The van der Waals surface area contributed by atoms with Crippen LogP contribution in [-0.2, 0) is 52.4 Å². The van der Waals surface area contributed by atoms with Gasteiger partial charge in [0.2, 0.25) is 5.95 Å². The second kappa shape index (κ2) is 11.2. The Kier molecular flexibility index (Phi) is 7.84. The number of halogens is 1. The summed E-state index contributed by atoms with van der Waals surface area (Å²) in [5.74, 6) is 0.0984. The van der Waals surface area contributed by atoms with Gasteiger partial charge in [0, 0.05) is 6.54 Å². The van der Waals surface area contributed by atoms with Crippen LogP contribution in [0.5, 0.6) is 0 Å². The largest absolute Gasteiger partial charge is 0.387 e. The van der Waals surface area contributed by atoms with Crippen LogP contribution < -0.4 is 17.0 Å². The van der Waals surface area contributed by atoms with Crippen LogP contribution >= 0.6 is 25.8 Å². The number of ether oxygens (including phenoxy) is 1. The molecule has 6 N–H and O–H groups in total. The molecule has 2 aliphatic heterocycles. The molecule has 6 atom stereocenters. The van der Waals surface area contributed by atoms with Crippen molar-refractivity contribution in [1.82, 2.24) is 39.0 Å². The number of fused-ring (bicyclic) bond motifs is 6. The van der Waals surface area contributed by atoms with Crippen LogP contribution in [0.25, 0.3) is 22.3 Å². The first-order valence-electron chi connectivity index (χ1n) is 12.2. The van der Waals surface area contributed by atoms with Crippen molar-refractivity contribution in [1.29, 1.82) is 0 Å². The maximum Gasteiger partial charge on any atom is 0.387 e. The Morgan fingerprint density at radius 2 is 1.98 bits per heavy atom. The highest BCUT2D eigenvalue weighted by molar-refractivity contribution is 8.44. The third-order valence-corrected chi connectivity index (χ3v) is 9.63. The van der Waals surface area contributed by atoms with Crippen molar-refractivity contribution in [3.05, 3.63) is 28.8 Å². The lowest BCUT2D eigenvalue weighted by Crippen LogP contribution is -2.32. The monoisotopic (exact) mass is 664 g/mol. The van der Waals surface area contributed by atoms with Crippen molar-refractivity contribution in [3.8, 4) is 0 Å². The van der Waals surface area contributed by atoms with E-state index in [4.69, 9.17) is 46.1 Å². The molecular weight excluding hydrogens is 641 g/mol. The molecule has 0 spiro atoms. The number of rotatable bonds is 1. The highest BCUT2D eigenvalue weighted by Crippen LogP contribution is 2.57. The summed E-state index contributed by atoms with van der Waals surface area (Å²) in [6, 6.07) is 0. The summed E-state index contributed by atoms with van der Waals surface area (Å²) in [5.41, 5.74) is 11.4. The normalized spacial score (nSPS) is 31.4. The molecule has 1 fully saturated rings. The van der Waals surface area contributed by atoms with Crippen molar-refractivity contribution in [2.75, 3.05) is 24.7 Å². The summed E-state index contributed by atoms with van der Waals surface area (Å²) in [6.45, 7) is -8.93. The number of nitrogens with zero attached hydrogens (tertiary/aromatic N) is 7. The second-order valence-corrected chi connectivity index (χ2v) is 14.9. The van der Waals surface area contributed by atoms with Gasteiger partial charge in [0.1, 0.15) is 31.0 Å². The predicted octanol–water partition coefficient (Wildman–Crippen LogP) is 0.953. The predicted molar refractivity (Wildman–Crippen MR) is 150 cm³/mol. The number of aryl methyl sites for hydroxylation is 1. The lowest BCUT2D eigenvalue weighted by Gasteiger charge is -2.24. The first-order chi connectivity index (χ1) is 19.9. The van der Waals surface area contributed by atoms with E-state index in [1.807, 2.05) is 0 Å². The highest BCUT2D eigenvalue weighted by Gasteiger charge is 2.51. The second-order valence-electron chi connectivity index (χ2n) is 9.16. The van der Waals surface area contributed by atoms with Gasteiger partial charge in [-0.3, -0.25) is 23.4 Å². The van der Waals surface area contributed by atoms with Gasteiger partial charge in [-0.2, -0.15) is 4.98 Å². The molecule has 0 aromatic carbocycles. The molecule has 2 unspecified atom stereocenters. The standard InChI is InChI=1S/C19H23FN10O8P2S2/c20-10-8-4-35-39(32,41)34-3-1-2-29-9(26-11-14(21)23-6-24-15(11)29)5-36-40(33,42)38-13(10)18(37-8)30-7-25-12-16(30)27-19(22)28-17(12)31/h6-8,10,13,18H,1-5H2,(H,32,41)(H,33,42)(H2,21,23,24)(H3,22,27,28,31)/t8-,10-,13-,18-,39?,40?/m1/s1. The molecule has 18 nitrogen and oxygen atoms in total. The van der Waals surface area contributed by atoms with Crippen LogP contribution in [0.15, 0.2) is 17.4 Å². The zero-order chi connectivity index (χ0) is 29.8. The van der Waals surface area contributed by atoms with Crippen molar-refractivity contribution in [2.24, 2.45) is 0 Å². The van der Waals surface area contributed by atoms with Gasteiger partial charge >= 0.3 is 13.5 Å². The van der Waals surface area contributed by atoms with E-state index in [1.54, 1.807) is 4.57 Å². The zero-order valence-corrected chi connectivity index (χ0v) is 24.7. The van der Waals surface area contributed by atoms with E-state index < -0.39 is 56.9 Å². The summed E-state index contributed by atoms with van der Waals surface area (Å²) in [7, 11) is 0. The van der Waals surface area contributed by atoms with Crippen molar-refractivity contribution >= 4 is 71.7 Å². The zero-order valence-electron chi connectivity index (χ0n) is 21.2. The van der Waals surface area contributed by atoms with Crippen LogP contribution in [0.2, 0.25) is 0 Å². The lowest BCUT2D eigenvalue weighted by atomic mass is 10.1. The van der Waals surface area contributed by atoms with Gasteiger partial charge in [0.05, 0.1) is 19.5 Å². The van der Waals surface area contributed by atoms with Crippen LogP contribution in [-0.4, -0.2) is 75.5 Å². The number of nitrogen functional groups attached to an aromatic ring is 2. The van der Waals surface area contributed by atoms with E-state index in [0.29, 0.717) is 12.1 Å². The maximum atomic E-state index is 15.9.